The average Bonchev–Trinajstić information content (AvgIpc) is 2.94. The zero-order valence-corrected chi connectivity index (χ0v) is 15.8. The lowest BCUT2D eigenvalue weighted by Crippen LogP contribution is -2.36. The van der Waals surface area contributed by atoms with E-state index in [1.165, 1.54) is 10.4 Å². The van der Waals surface area contributed by atoms with Gasteiger partial charge in [0.2, 0.25) is 0 Å². The Morgan fingerprint density at radius 3 is 2.45 bits per heavy atom. The van der Waals surface area contributed by atoms with E-state index in [2.05, 4.69) is 61.2 Å². The van der Waals surface area contributed by atoms with Crippen LogP contribution in [0.2, 0.25) is 0 Å². The standard InChI is InChI=1S/C14H16BrN3S.HI/c1-16-14(18-10-13-3-2-8-19-13)17-9-11-4-6-12(15)7-5-11;/h2-8H,9-10H2,1H3,(H2,16,17,18);1H. The van der Waals surface area contributed by atoms with Crippen LogP contribution >= 0.6 is 51.2 Å². The Balaban J connectivity index is 0.00000200. The smallest absolute Gasteiger partial charge is 0.191 e. The lowest BCUT2D eigenvalue weighted by molar-refractivity contribution is 0.815. The summed E-state index contributed by atoms with van der Waals surface area (Å²) in [6.07, 6.45) is 0. The third-order valence-corrected chi connectivity index (χ3v) is 4.01. The van der Waals surface area contributed by atoms with E-state index in [0.29, 0.717) is 0 Å². The van der Waals surface area contributed by atoms with Crippen LogP contribution in [0.5, 0.6) is 0 Å². The molecule has 0 radical (unpaired) electrons. The van der Waals surface area contributed by atoms with E-state index in [4.69, 9.17) is 0 Å². The lowest BCUT2D eigenvalue weighted by atomic mass is 10.2. The summed E-state index contributed by atoms with van der Waals surface area (Å²) < 4.78 is 1.09. The molecule has 6 heteroatoms. The molecule has 108 valence electrons. The molecule has 1 heterocycles. The van der Waals surface area contributed by atoms with Gasteiger partial charge in [-0.3, -0.25) is 4.99 Å². The number of rotatable bonds is 4. The maximum atomic E-state index is 4.21. The fraction of sp³-hybridized carbons (Fsp3) is 0.214. The molecule has 0 unspecified atom stereocenters. The highest BCUT2D eigenvalue weighted by atomic mass is 127. The van der Waals surface area contributed by atoms with Crippen molar-refractivity contribution in [2.75, 3.05) is 7.05 Å². The van der Waals surface area contributed by atoms with Crippen molar-refractivity contribution in [1.29, 1.82) is 0 Å². The van der Waals surface area contributed by atoms with Crippen molar-refractivity contribution in [2.45, 2.75) is 13.1 Å². The van der Waals surface area contributed by atoms with Gasteiger partial charge in [-0.2, -0.15) is 0 Å². The van der Waals surface area contributed by atoms with E-state index < -0.39 is 0 Å². The van der Waals surface area contributed by atoms with Crippen molar-refractivity contribution >= 4 is 57.2 Å². The highest BCUT2D eigenvalue weighted by Crippen LogP contribution is 2.10. The van der Waals surface area contributed by atoms with Gasteiger partial charge >= 0.3 is 0 Å². The Hall–Kier alpha value is -0.600. The molecule has 0 aliphatic rings. The van der Waals surface area contributed by atoms with E-state index in [-0.39, 0.29) is 24.0 Å². The number of benzene rings is 1. The Morgan fingerprint density at radius 2 is 1.85 bits per heavy atom. The van der Waals surface area contributed by atoms with E-state index in [1.807, 2.05) is 12.1 Å². The van der Waals surface area contributed by atoms with E-state index in [1.54, 1.807) is 18.4 Å². The molecule has 0 spiro atoms. The monoisotopic (exact) mass is 465 g/mol. The molecule has 0 aliphatic carbocycles. The largest absolute Gasteiger partial charge is 0.352 e. The van der Waals surface area contributed by atoms with Gasteiger partial charge in [0.1, 0.15) is 0 Å². The zero-order valence-electron chi connectivity index (χ0n) is 11.1. The molecule has 2 N–H and O–H groups in total. The summed E-state index contributed by atoms with van der Waals surface area (Å²) in [5.74, 6) is 0.816. The third-order valence-electron chi connectivity index (χ3n) is 2.61. The molecular weight excluding hydrogens is 449 g/mol. The van der Waals surface area contributed by atoms with Crippen molar-refractivity contribution in [2.24, 2.45) is 4.99 Å². The highest BCUT2D eigenvalue weighted by Gasteiger charge is 1.99. The van der Waals surface area contributed by atoms with Gasteiger partial charge in [-0.25, -0.2) is 0 Å². The fourth-order valence-electron chi connectivity index (χ4n) is 1.59. The van der Waals surface area contributed by atoms with Gasteiger partial charge in [0, 0.05) is 22.9 Å². The van der Waals surface area contributed by atoms with Crippen LogP contribution in [0.1, 0.15) is 10.4 Å². The van der Waals surface area contributed by atoms with Crippen LogP contribution in [0.15, 0.2) is 51.2 Å². The molecule has 0 atom stereocenters. The second-order valence-corrected chi connectivity index (χ2v) is 5.93. The molecule has 0 fully saturated rings. The number of nitrogens with zero attached hydrogens (tertiary/aromatic N) is 1. The Morgan fingerprint density at radius 1 is 1.15 bits per heavy atom. The van der Waals surface area contributed by atoms with Gasteiger partial charge in [0.05, 0.1) is 6.54 Å². The van der Waals surface area contributed by atoms with Crippen molar-refractivity contribution in [3.8, 4) is 0 Å². The summed E-state index contributed by atoms with van der Waals surface area (Å²) in [7, 11) is 1.78. The maximum absolute atomic E-state index is 4.21. The number of halogens is 2. The SMILES string of the molecule is CN=C(NCc1ccc(Br)cc1)NCc1cccs1.I. The average molecular weight is 466 g/mol. The summed E-state index contributed by atoms with van der Waals surface area (Å²) in [5, 5.41) is 8.67. The first-order valence-corrected chi connectivity index (χ1v) is 7.66. The third kappa shape index (κ3) is 5.80. The first-order valence-electron chi connectivity index (χ1n) is 5.99. The highest BCUT2D eigenvalue weighted by molar-refractivity contribution is 14.0. The first-order chi connectivity index (χ1) is 9.28. The predicted octanol–water partition coefficient (Wildman–Crippen LogP) is 3.99. The minimum Gasteiger partial charge on any atom is -0.352 e. The minimum absolute atomic E-state index is 0. The Bertz CT molecular complexity index is 526. The molecule has 2 aromatic rings. The van der Waals surface area contributed by atoms with E-state index in [9.17, 15) is 0 Å². The maximum Gasteiger partial charge on any atom is 0.191 e. The van der Waals surface area contributed by atoms with Crippen LogP contribution in [-0.2, 0) is 13.1 Å². The van der Waals surface area contributed by atoms with Crippen LogP contribution in [0.25, 0.3) is 0 Å². The number of hydrogen-bond donors (Lipinski definition) is 2. The summed E-state index contributed by atoms with van der Waals surface area (Å²) in [4.78, 5) is 5.51. The summed E-state index contributed by atoms with van der Waals surface area (Å²) >= 11 is 5.17. The normalized spacial score (nSPS) is 10.8. The van der Waals surface area contributed by atoms with Crippen molar-refractivity contribution in [1.82, 2.24) is 10.6 Å². The number of thiophene rings is 1. The quantitative estimate of drug-likeness (QED) is 0.407. The van der Waals surface area contributed by atoms with Gasteiger partial charge in [0.25, 0.3) is 0 Å². The number of nitrogens with one attached hydrogen (secondary N) is 2. The van der Waals surface area contributed by atoms with E-state index >= 15 is 0 Å². The molecule has 1 aromatic heterocycles. The number of aliphatic imine (C=N–C) groups is 1. The van der Waals surface area contributed by atoms with E-state index in [0.717, 1.165) is 23.5 Å². The van der Waals surface area contributed by atoms with Gasteiger partial charge in [0.15, 0.2) is 5.96 Å². The van der Waals surface area contributed by atoms with Crippen LogP contribution in [0, 0.1) is 0 Å². The van der Waals surface area contributed by atoms with Crippen LogP contribution < -0.4 is 10.6 Å². The summed E-state index contributed by atoms with van der Waals surface area (Å²) in [6, 6.07) is 12.4. The summed E-state index contributed by atoms with van der Waals surface area (Å²) in [6.45, 7) is 1.56. The van der Waals surface area contributed by atoms with Crippen LogP contribution in [0.4, 0.5) is 0 Å². The van der Waals surface area contributed by atoms with Crippen molar-refractivity contribution < 1.29 is 0 Å². The minimum atomic E-state index is 0. The van der Waals surface area contributed by atoms with Gasteiger partial charge in [-0.05, 0) is 29.1 Å². The fourth-order valence-corrected chi connectivity index (χ4v) is 2.50. The zero-order chi connectivity index (χ0) is 13.5. The predicted molar refractivity (Wildman–Crippen MR) is 101 cm³/mol. The van der Waals surface area contributed by atoms with Crippen LogP contribution in [-0.4, -0.2) is 13.0 Å². The second-order valence-electron chi connectivity index (χ2n) is 3.99. The Kier molecular flexibility index (Phi) is 8.16. The molecule has 3 nitrogen and oxygen atoms in total. The lowest BCUT2D eigenvalue weighted by Gasteiger charge is -2.11. The van der Waals surface area contributed by atoms with Gasteiger partial charge in [-0.1, -0.05) is 34.1 Å². The van der Waals surface area contributed by atoms with Crippen LogP contribution in [0.3, 0.4) is 0 Å². The molecule has 0 saturated heterocycles. The molecule has 20 heavy (non-hydrogen) atoms. The molecule has 2 rings (SSSR count). The molecule has 1 aromatic carbocycles. The molecule has 0 saturated carbocycles. The number of hydrogen-bond acceptors (Lipinski definition) is 2. The summed E-state index contributed by atoms with van der Waals surface area (Å²) in [5.41, 5.74) is 1.22. The molecular formula is C14H17BrIN3S. The van der Waals surface area contributed by atoms with Gasteiger partial charge in [-0.15, -0.1) is 35.3 Å². The van der Waals surface area contributed by atoms with Crippen molar-refractivity contribution in [3.63, 3.8) is 0 Å². The van der Waals surface area contributed by atoms with Crippen molar-refractivity contribution in [3.05, 3.63) is 56.7 Å². The second kappa shape index (κ2) is 9.36. The molecule has 0 bridgehead atoms. The first kappa shape index (κ1) is 17.5. The number of guanidine groups is 1. The molecule has 0 aliphatic heterocycles. The topological polar surface area (TPSA) is 36.4 Å². The van der Waals surface area contributed by atoms with Gasteiger partial charge < -0.3 is 10.6 Å². The molecule has 0 amide bonds. The Labute approximate surface area is 149 Å².